The van der Waals surface area contributed by atoms with Crippen LogP contribution >= 0.6 is 0 Å². The molecule has 1 N–H and O–H groups in total. The van der Waals surface area contributed by atoms with Crippen molar-refractivity contribution in [2.45, 2.75) is 52.0 Å². The third kappa shape index (κ3) is 5.05. The number of rotatable bonds is 8. The molecule has 24 heavy (non-hydrogen) atoms. The van der Waals surface area contributed by atoms with E-state index in [4.69, 9.17) is 5.11 Å². The van der Waals surface area contributed by atoms with Crippen LogP contribution < -0.4 is 0 Å². The highest BCUT2D eigenvalue weighted by molar-refractivity contribution is 5.81. The van der Waals surface area contributed by atoms with E-state index in [0.29, 0.717) is 32.4 Å². The molecule has 1 aromatic rings. The Hall–Kier alpha value is -1.91. The fourth-order valence-electron chi connectivity index (χ4n) is 3.32. The number of halogens is 1. The lowest BCUT2D eigenvalue weighted by atomic mass is 10.0. The summed E-state index contributed by atoms with van der Waals surface area (Å²) >= 11 is 0. The Balaban J connectivity index is 2.02. The SMILES string of the molecule is CCCCCN(Cc1ccc(F)cc1)C(=O)[C@@H]1CC[C@H](C(=O)O)C1. The smallest absolute Gasteiger partial charge is 0.306 e. The maximum Gasteiger partial charge on any atom is 0.306 e. The lowest BCUT2D eigenvalue weighted by Crippen LogP contribution is -2.36. The first-order chi connectivity index (χ1) is 11.5. The van der Waals surface area contributed by atoms with Crippen molar-refractivity contribution in [2.75, 3.05) is 6.54 Å². The summed E-state index contributed by atoms with van der Waals surface area (Å²) in [5.41, 5.74) is 0.897. The van der Waals surface area contributed by atoms with E-state index in [1.165, 1.54) is 12.1 Å². The minimum atomic E-state index is -0.804. The average molecular weight is 335 g/mol. The van der Waals surface area contributed by atoms with Gasteiger partial charge in [0.05, 0.1) is 5.92 Å². The van der Waals surface area contributed by atoms with E-state index in [2.05, 4.69) is 6.92 Å². The molecular weight excluding hydrogens is 309 g/mol. The van der Waals surface area contributed by atoms with Gasteiger partial charge >= 0.3 is 5.97 Å². The van der Waals surface area contributed by atoms with Gasteiger partial charge in [0.1, 0.15) is 5.82 Å². The van der Waals surface area contributed by atoms with Crippen LogP contribution in [0.3, 0.4) is 0 Å². The molecule has 1 fully saturated rings. The molecule has 1 aliphatic carbocycles. The summed E-state index contributed by atoms with van der Waals surface area (Å²) in [4.78, 5) is 25.8. The highest BCUT2D eigenvalue weighted by Crippen LogP contribution is 2.32. The molecule has 0 aromatic heterocycles. The fraction of sp³-hybridized carbons (Fsp3) is 0.579. The van der Waals surface area contributed by atoms with Crippen molar-refractivity contribution in [1.82, 2.24) is 4.90 Å². The largest absolute Gasteiger partial charge is 0.481 e. The quantitative estimate of drug-likeness (QED) is 0.734. The average Bonchev–Trinajstić information content (AvgIpc) is 3.05. The van der Waals surface area contributed by atoms with Crippen molar-refractivity contribution >= 4 is 11.9 Å². The number of aliphatic carboxylic acids is 1. The zero-order valence-corrected chi connectivity index (χ0v) is 14.2. The molecule has 2 atom stereocenters. The lowest BCUT2D eigenvalue weighted by molar-refractivity contribution is -0.141. The number of hydrogen-bond donors (Lipinski definition) is 1. The fourth-order valence-corrected chi connectivity index (χ4v) is 3.32. The second-order valence-corrected chi connectivity index (χ2v) is 6.64. The second kappa shape index (κ2) is 8.81. The van der Waals surface area contributed by atoms with E-state index in [1.54, 1.807) is 12.1 Å². The molecule has 1 aromatic carbocycles. The predicted octanol–water partition coefficient (Wildman–Crippen LogP) is 3.85. The Bertz CT molecular complexity index is 558. The number of unbranched alkanes of at least 4 members (excludes halogenated alkanes) is 2. The van der Waals surface area contributed by atoms with Gasteiger partial charge in [-0.2, -0.15) is 0 Å². The van der Waals surface area contributed by atoms with E-state index in [-0.39, 0.29) is 17.6 Å². The van der Waals surface area contributed by atoms with E-state index >= 15 is 0 Å². The molecule has 0 unspecified atom stereocenters. The summed E-state index contributed by atoms with van der Waals surface area (Å²) in [6, 6.07) is 6.20. The molecule has 1 aliphatic rings. The third-order valence-corrected chi connectivity index (χ3v) is 4.76. The van der Waals surface area contributed by atoms with Crippen molar-refractivity contribution in [3.63, 3.8) is 0 Å². The number of carbonyl (C=O) groups is 2. The van der Waals surface area contributed by atoms with Crippen LogP contribution in [-0.4, -0.2) is 28.4 Å². The van der Waals surface area contributed by atoms with Crippen LogP contribution in [0.5, 0.6) is 0 Å². The van der Waals surface area contributed by atoms with E-state index in [1.807, 2.05) is 4.90 Å². The van der Waals surface area contributed by atoms with Crippen LogP contribution in [0, 0.1) is 17.7 Å². The predicted molar refractivity (Wildman–Crippen MR) is 89.8 cm³/mol. The van der Waals surface area contributed by atoms with Gasteiger partial charge in [-0.25, -0.2) is 4.39 Å². The maximum absolute atomic E-state index is 13.1. The Labute approximate surface area is 142 Å². The minimum Gasteiger partial charge on any atom is -0.481 e. The normalized spacial score (nSPS) is 20.1. The Kier molecular flexibility index (Phi) is 6.76. The monoisotopic (exact) mass is 335 g/mol. The van der Waals surface area contributed by atoms with Crippen LogP contribution in [0.15, 0.2) is 24.3 Å². The number of benzene rings is 1. The van der Waals surface area contributed by atoms with Gasteiger partial charge in [0.25, 0.3) is 0 Å². The molecule has 0 saturated heterocycles. The molecule has 5 heteroatoms. The van der Waals surface area contributed by atoms with Crippen molar-refractivity contribution in [3.05, 3.63) is 35.6 Å². The zero-order valence-electron chi connectivity index (χ0n) is 14.2. The second-order valence-electron chi connectivity index (χ2n) is 6.64. The van der Waals surface area contributed by atoms with Crippen molar-refractivity contribution < 1.29 is 19.1 Å². The van der Waals surface area contributed by atoms with Crippen molar-refractivity contribution in [1.29, 1.82) is 0 Å². The third-order valence-electron chi connectivity index (χ3n) is 4.76. The lowest BCUT2D eigenvalue weighted by Gasteiger charge is -2.26. The molecular formula is C19H26FNO3. The molecule has 0 bridgehead atoms. The molecule has 2 rings (SSSR count). The molecule has 1 amide bonds. The van der Waals surface area contributed by atoms with Gasteiger partial charge < -0.3 is 10.0 Å². The van der Waals surface area contributed by atoms with Gasteiger partial charge in [0, 0.05) is 19.0 Å². The molecule has 132 valence electrons. The molecule has 0 aliphatic heterocycles. The van der Waals surface area contributed by atoms with Crippen LogP contribution in [0.25, 0.3) is 0 Å². The Morgan fingerprint density at radius 2 is 1.83 bits per heavy atom. The topological polar surface area (TPSA) is 57.6 Å². The minimum absolute atomic E-state index is 0.0409. The van der Waals surface area contributed by atoms with Gasteiger partial charge in [0.2, 0.25) is 5.91 Å². The number of nitrogens with zero attached hydrogens (tertiary/aromatic N) is 1. The molecule has 4 nitrogen and oxygen atoms in total. The first kappa shape index (κ1) is 18.4. The van der Waals surface area contributed by atoms with Gasteiger partial charge in [-0.3, -0.25) is 9.59 Å². The molecule has 0 radical (unpaired) electrons. The highest BCUT2D eigenvalue weighted by atomic mass is 19.1. The zero-order chi connectivity index (χ0) is 17.5. The first-order valence-electron chi connectivity index (χ1n) is 8.77. The van der Waals surface area contributed by atoms with Gasteiger partial charge in [-0.15, -0.1) is 0 Å². The number of hydrogen-bond acceptors (Lipinski definition) is 2. The molecule has 0 heterocycles. The number of carbonyl (C=O) groups excluding carboxylic acids is 1. The highest BCUT2D eigenvalue weighted by Gasteiger charge is 2.35. The summed E-state index contributed by atoms with van der Waals surface area (Å²) in [7, 11) is 0. The van der Waals surface area contributed by atoms with Crippen LogP contribution in [0.2, 0.25) is 0 Å². The summed E-state index contributed by atoms with van der Waals surface area (Å²) in [5.74, 6) is -1.65. The van der Waals surface area contributed by atoms with E-state index < -0.39 is 11.9 Å². The van der Waals surface area contributed by atoms with Crippen molar-refractivity contribution in [3.8, 4) is 0 Å². The molecule has 1 saturated carbocycles. The molecule has 0 spiro atoms. The van der Waals surface area contributed by atoms with E-state index in [9.17, 15) is 14.0 Å². The van der Waals surface area contributed by atoms with Crippen LogP contribution in [0.4, 0.5) is 4.39 Å². The summed E-state index contributed by atoms with van der Waals surface area (Å²) in [6.45, 7) is 3.23. The van der Waals surface area contributed by atoms with Crippen LogP contribution in [0.1, 0.15) is 51.0 Å². The van der Waals surface area contributed by atoms with Gasteiger partial charge in [0.15, 0.2) is 0 Å². The summed E-state index contributed by atoms with van der Waals surface area (Å²) in [5, 5.41) is 9.13. The van der Waals surface area contributed by atoms with Gasteiger partial charge in [-0.1, -0.05) is 31.9 Å². The first-order valence-corrected chi connectivity index (χ1v) is 8.77. The summed E-state index contributed by atoms with van der Waals surface area (Å²) in [6.07, 6.45) is 4.70. The standard InChI is InChI=1S/C19H26FNO3/c1-2-3-4-11-21(13-14-5-9-17(20)10-6-14)18(22)15-7-8-16(12-15)19(23)24/h5-6,9-10,15-16H,2-4,7-8,11-13H2,1H3,(H,23,24)/t15-,16+/m1/s1. The van der Waals surface area contributed by atoms with Gasteiger partial charge in [-0.05, 0) is 43.4 Å². The maximum atomic E-state index is 13.1. The Morgan fingerprint density at radius 1 is 1.17 bits per heavy atom. The number of amides is 1. The number of carboxylic acid groups (broad SMARTS) is 1. The summed E-state index contributed by atoms with van der Waals surface area (Å²) < 4.78 is 13.1. The Morgan fingerprint density at radius 3 is 2.42 bits per heavy atom. The van der Waals surface area contributed by atoms with Crippen LogP contribution in [-0.2, 0) is 16.1 Å². The number of carboxylic acids is 1. The van der Waals surface area contributed by atoms with E-state index in [0.717, 1.165) is 24.8 Å². The van der Waals surface area contributed by atoms with Crippen molar-refractivity contribution in [2.24, 2.45) is 11.8 Å².